The molecule has 1 aliphatic heterocycles. The van der Waals surface area contributed by atoms with Crippen molar-refractivity contribution in [1.29, 1.82) is 0 Å². The Kier molecular flexibility index (Phi) is 5.26. The van der Waals surface area contributed by atoms with Crippen molar-refractivity contribution in [3.8, 4) is 0 Å². The first kappa shape index (κ1) is 13.6. The van der Waals surface area contributed by atoms with Crippen LogP contribution in [0.15, 0.2) is 40.6 Å². The molecule has 0 amide bonds. The number of hydrogen-bond acceptors (Lipinski definition) is 2. The Hall–Kier alpha value is -0.800. The zero-order valence-electron chi connectivity index (χ0n) is 10.8. The summed E-state index contributed by atoms with van der Waals surface area (Å²) in [6.07, 6.45) is 5.38. The summed E-state index contributed by atoms with van der Waals surface area (Å²) in [5, 5.41) is 3.57. The van der Waals surface area contributed by atoms with E-state index in [4.69, 9.17) is 4.74 Å². The van der Waals surface area contributed by atoms with Crippen molar-refractivity contribution in [3.63, 3.8) is 0 Å². The summed E-state index contributed by atoms with van der Waals surface area (Å²) in [5.41, 5.74) is 1.34. The molecule has 1 heterocycles. The average Bonchev–Trinajstić information content (AvgIpc) is 2.90. The zero-order chi connectivity index (χ0) is 12.8. The van der Waals surface area contributed by atoms with E-state index in [0.717, 1.165) is 42.6 Å². The van der Waals surface area contributed by atoms with Crippen LogP contribution in [0.25, 0.3) is 0 Å². The molecule has 0 saturated heterocycles. The first-order valence-corrected chi connectivity index (χ1v) is 7.39. The van der Waals surface area contributed by atoms with Gasteiger partial charge in [0.25, 0.3) is 0 Å². The number of ether oxygens (including phenoxy) is 1. The maximum Gasteiger partial charge on any atom is 0.109 e. The van der Waals surface area contributed by atoms with Gasteiger partial charge in [-0.05, 0) is 43.2 Å². The first-order chi connectivity index (χ1) is 8.79. The van der Waals surface area contributed by atoms with Crippen LogP contribution in [0.2, 0.25) is 0 Å². The molecule has 1 N–H and O–H groups in total. The van der Waals surface area contributed by atoms with Gasteiger partial charge in [0.15, 0.2) is 0 Å². The predicted octanol–water partition coefficient (Wildman–Crippen LogP) is 3.66. The van der Waals surface area contributed by atoms with E-state index in [9.17, 15) is 0 Å². The fraction of sp³-hybridized carbons (Fsp3) is 0.467. The predicted molar refractivity (Wildman–Crippen MR) is 78.6 cm³/mol. The summed E-state index contributed by atoms with van der Waals surface area (Å²) >= 11 is 3.47. The van der Waals surface area contributed by atoms with Gasteiger partial charge in [0.05, 0.1) is 12.6 Å². The summed E-state index contributed by atoms with van der Waals surface area (Å²) in [6, 6.07) is 8.83. The highest BCUT2D eigenvalue weighted by molar-refractivity contribution is 9.10. The third kappa shape index (κ3) is 3.85. The molecule has 1 atom stereocenters. The summed E-state index contributed by atoms with van der Waals surface area (Å²) in [6.45, 7) is 4.05. The van der Waals surface area contributed by atoms with Crippen LogP contribution in [0, 0.1) is 0 Å². The zero-order valence-corrected chi connectivity index (χ0v) is 12.4. The molecule has 0 bridgehead atoms. The van der Waals surface area contributed by atoms with E-state index in [1.807, 2.05) is 0 Å². The number of halogens is 1. The van der Waals surface area contributed by atoms with E-state index in [1.165, 1.54) is 5.56 Å². The highest BCUT2D eigenvalue weighted by Gasteiger charge is 2.18. The molecule has 3 heteroatoms. The highest BCUT2D eigenvalue weighted by Crippen LogP contribution is 2.18. The molecule has 0 fully saturated rings. The summed E-state index contributed by atoms with van der Waals surface area (Å²) in [7, 11) is 0. The highest BCUT2D eigenvalue weighted by atomic mass is 79.9. The maximum atomic E-state index is 5.70. The van der Waals surface area contributed by atoms with Gasteiger partial charge in [0, 0.05) is 10.9 Å². The summed E-state index contributed by atoms with van der Waals surface area (Å²) < 4.78 is 6.82. The molecule has 18 heavy (non-hydrogen) atoms. The molecule has 2 nitrogen and oxygen atoms in total. The molecular formula is C15H20BrNO. The van der Waals surface area contributed by atoms with Crippen molar-refractivity contribution >= 4 is 15.9 Å². The number of rotatable bonds is 6. The van der Waals surface area contributed by atoms with Crippen LogP contribution in [0.4, 0.5) is 0 Å². The van der Waals surface area contributed by atoms with Gasteiger partial charge in [-0.1, -0.05) is 35.0 Å². The van der Waals surface area contributed by atoms with Gasteiger partial charge in [-0.25, -0.2) is 0 Å². The molecule has 0 aromatic heterocycles. The number of benzene rings is 1. The Balaban J connectivity index is 2.01. The molecule has 1 unspecified atom stereocenters. The van der Waals surface area contributed by atoms with Crippen LogP contribution in [-0.2, 0) is 11.2 Å². The second-order valence-electron chi connectivity index (χ2n) is 4.58. The lowest BCUT2D eigenvalue weighted by atomic mass is 10.0. The molecule has 0 aliphatic carbocycles. The fourth-order valence-corrected chi connectivity index (χ4v) is 2.39. The Morgan fingerprint density at radius 2 is 2.11 bits per heavy atom. The van der Waals surface area contributed by atoms with E-state index in [1.54, 1.807) is 0 Å². The summed E-state index contributed by atoms with van der Waals surface area (Å²) in [4.78, 5) is 0. The van der Waals surface area contributed by atoms with E-state index in [-0.39, 0.29) is 0 Å². The van der Waals surface area contributed by atoms with E-state index < -0.39 is 0 Å². The molecule has 1 aromatic rings. The van der Waals surface area contributed by atoms with Crippen molar-refractivity contribution in [2.24, 2.45) is 0 Å². The van der Waals surface area contributed by atoms with Crippen molar-refractivity contribution in [2.45, 2.75) is 32.2 Å². The van der Waals surface area contributed by atoms with Gasteiger partial charge in [-0.3, -0.25) is 0 Å². The largest absolute Gasteiger partial charge is 0.496 e. The molecule has 0 saturated carbocycles. The van der Waals surface area contributed by atoms with Crippen LogP contribution >= 0.6 is 15.9 Å². The Morgan fingerprint density at radius 1 is 1.33 bits per heavy atom. The second-order valence-corrected chi connectivity index (χ2v) is 5.50. The molecule has 0 radical (unpaired) electrons. The van der Waals surface area contributed by atoms with Crippen molar-refractivity contribution in [3.05, 3.63) is 46.1 Å². The average molecular weight is 310 g/mol. The Morgan fingerprint density at radius 3 is 2.72 bits per heavy atom. The molecular weight excluding hydrogens is 290 g/mol. The molecule has 1 aliphatic rings. The van der Waals surface area contributed by atoms with Gasteiger partial charge in [-0.2, -0.15) is 0 Å². The number of nitrogens with one attached hydrogen (secondary N) is 1. The molecule has 1 aromatic carbocycles. The minimum atomic E-state index is 0.314. The lowest BCUT2D eigenvalue weighted by Crippen LogP contribution is -2.33. The lowest BCUT2D eigenvalue weighted by Gasteiger charge is -2.19. The Labute approximate surface area is 118 Å². The SMILES string of the molecule is CCCNC(Cc1ccc(Br)cc1)C1=CCCO1. The van der Waals surface area contributed by atoms with Crippen LogP contribution in [0.3, 0.4) is 0 Å². The van der Waals surface area contributed by atoms with Gasteiger partial charge < -0.3 is 10.1 Å². The Bertz CT molecular complexity index is 399. The maximum absolute atomic E-state index is 5.70. The topological polar surface area (TPSA) is 21.3 Å². The van der Waals surface area contributed by atoms with Crippen molar-refractivity contribution in [1.82, 2.24) is 5.32 Å². The standard InChI is InChI=1S/C15H20BrNO/c1-2-9-17-14(15-4-3-10-18-15)11-12-5-7-13(16)8-6-12/h4-8,14,17H,2-3,9-11H2,1H3. The van der Waals surface area contributed by atoms with Crippen molar-refractivity contribution in [2.75, 3.05) is 13.2 Å². The van der Waals surface area contributed by atoms with E-state index >= 15 is 0 Å². The monoisotopic (exact) mass is 309 g/mol. The van der Waals surface area contributed by atoms with Crippen molar-refractivity contribution < 1.29 is 4.74 Å². The van der Waals surface area contributed by atoms with Gasteiger partial charge in [-0.15, -0.1) is 0 Å². The quantitative estimate of drug-likeness (QED) is 0.866. The minimum absolute atomic E-state index is 0.314. The first-order valence-electron chi connectivity index (χ1n) is 6.60. The van der Waals surface area contributed by atoms with E-state index in [2.05, 4.69) is 58.5 Å². The number of hydrogen-bond donors (Lipinski definition) is 1. The fourth-order valence-electron chi connectivity index (χ4n) is 2.13. The van der Waals surface area contributed by atoms with Crippen LogP contribution in [0.5, 0.6) is 0 Å². The normalized spacial score (nSPS) is 16.2. The summed E-state index contributed by atoms with van der Waals surface area (Å²) in [5.74, 6) is 1.12. The van der Waals surface area contributed by atoms with Gasteiger partial charge in [0.1, 0.15) is 5.76 Å². The minimum Gasteiger partial charge on any atom is -0.496 e. The van der Waals surface area contributed by atoms with Crippen LogP contribution < -0.4 is 5.32 Å². The smallest absolute Gasteiger partial charge is 0.109 e. The third-order valence-electron chi connectivity index (χ3n) is 3.07. The van der Waals surface area contributed by atoms with Crippen LogP contribution in [-0.4, -0.2) is 19.2 Å². The molecule has 98 valence electrons. The van der Waals surface area contributed by atoms with Crippen LogP contribution in [0.1, 0.15) is 25.3 Å². The third-order valence-corrected chi connectivity index (χ3v) is 3.60. The van der Waals surface area contributed by atoms with E-state index in [0.29, 0.717) is 6.04 Å². The molecule has 0 spiro atoms. The lowest BCUT2D eigenvalue weighted by molar-refractivity contribution is 0.214. The van der Waals surface area contributed by atoms with Gasteiger partial charge >= 0.3 is 0 Å². The van der Waals surface area contributed by atoms with Gasteiger partial charge in [0.2, 0.25) is 0 Å². The second kappa shape index (κ2) is 6.95. The molecule has 2 rings (SSSR count).